The van der Waals surface area contributed by atoms with Crippen LogP contribution in [0.3, 0.4) is 0 Å². The summed E-state index contributed by atoms with van der Waals surface area (Å²) >= 11 is 0.893. The monoisotopic (exact) mass is 172 g/mol. The largest absolute Gasteiger partial charge is 0.329 e. The fraction of sp³-hybridized carbons (Fsp3) is 0.556. The third kappa shape index (κ3) is 3.12. The molecular weight excluding hydrogens is 156 g/mol. The Balaban J connectivity index is 4.45. The lowest BCUT2D eigenvalue weighted by atomic mass is 10.0. The minimum atomic E-state index is -0.205. The molecule has 0 unspecified atom stereocenters. The second kappa shape index (κ2) is 5.44. The van der Waals surface area contributed by atoms with Gasteiger partial charge in [-0.15, -0.1) is 0 Å². The van der Waals surface area contributed by atoms with Crippen molar-refractivity contribution in [3.63, 3.8) is 0 Å². The van der Waals surface area contributed by atoms with Crippen molar-refractivity contribution in [2.75, 3.05) is 0 Å². The van der Waals surface area contributed by atoms with Crippen molar-refractivity contribution in [3.05, 3.63) is 24.3 Å². The molecule has 0 atom stereocenters. The highest BCUT2D eigenvalue weighted by Crippen LogP contribution is 2.29. The SMILES string of the molecule is CC=CC(C=CC)(CC)SO. The van der Waals surface area contributed by atoms with Crippen molar-refractivity contribution >= 4 is 12.0 Å². The Kier molecular flexibility index (Phi) is 5.34. The summed E-state index contributed by atoms with van der Waals surface area (Å²) in [6.07, 6.45) is 8.86. The van der Waals surface area contributed by atoms with E-state index < -0.39 is 0 Å². The van der Waals surface area contributed by atoms with Gasteiger partial charge < -0.3 is 4.55 Å². The van der Waals surface area contributed by atoms with Gasteiger partial charge in [0, 0.05) is 12.0 Å². The molecule has 2 heteroatoms. The predicted octanol–water partition coefficient (Wildman–Crippen LogP) is 3.49. The van der Waals surface area contributed by atoms with Gasteiger partial charge >= 0.3 is 0 Å². The van der Waals surface area contributed by atoms with E-state index in [-0.39, 0.29) is 4.75 Å². The molecule has 0 saturated carbocycles. The van der Waals surface area contributed by atoms with E-state index in [1.54, 1.807) is 0 Å². The first kappa shape index (κ1) is 10.8. The van der Waals surface area contributed by atoms with Crippen LogP contribution in [0.5, 0.6) is 0 Å². The van der Waals surface area contributed by atoms with Crippen LogP contribution in [0.25, 0.3) is 0 Å². The number of allylic oxidation sites excluding steroid dienone is 2. The molecule has 0 aromatic rings. The summed E-state index contributed by atoms with van der Waals surface area (Å²) in [6.45, 7) is 5.98. The molecule has 11 heavy (non-hydrogen) atoms. The van der Waals surface area contributed by atoms with E-state index in [1.165, 1.54) is 0 Å². The van der Waals surface area contributed by atoms with Crippen molar-refractivity contribution in [1.82, 2.24) is 0 Å². The third-order valence-electron chi connectivity index (χ3n) is 1.62. The highest BCUT2D eigenvalue weighted by molar-refractivity contribution is 7.95. The van der Waals surface area contributed by atoms with Crippen molar-refractivity contribution < 1.29 is 4.55 Å². The summed E-state index contributed by atoms with van der Waals surface area (Å²) in [6, 6.07) is 0. The lowest BCUT2D eigenvalue weighted by Gasteiger charge is -2.20. The van der Waals surface area contributed by atoms with Gasteiger partial charge in [0.25, 0.3) is 0 Å². The van der Waals surface area contributed by atoms with E-state index in [2.05, 4.69) is 6.92 Å². The van der Waals surface area contributed by atoms with Crippen molar-refractivity contribution in [3.8, 4) is 0 Å². The Bertz CT molecular complexity index is 132. The maximum atomic E-state index is 9.05. The zero-order valence-corrected chi connectivity index (χ0v) is 8.19. The predicted molar refractivity (Wildman–Crippen MR) is 52.9 cm³/mol. The van der Waals surface area contributed by atoms with Crippen molar-refractivity contribution in [1.29, 1.82) is 0 Å². The average molecular weight is 172 g/mol. The molecule has 0 rings (SSSR count). The van der Waals surface area contributed by atoms with Gasteiger partial charge in [0.2, 0.25) is 0 Å². The summed E-state index contributed by atoms with van der Waals surface area (Å²) in [4.78, 5) is 0. The van der Waals surface area contributed by atoms with Gasteiger partial charge in [-0.05, 0) is 20.3 Å². The lowest BCUT2D eigenvalue weighted by Crippen LogP contribution is -2.16. The molecule has 0 saturated heterocycles. The normalized spacial score (nSPS) is 17.8. The number of hydrogen-bond donors (Lipinski definition) is 1. The van der Waals surface area contributed by atoms with Crippen LogP contribution in [-0.2, 0) is 0 Å². The first-order chi connectivity index (χ1) is 5.24. The Morgan fingerprint density at radius 3 is 1.91 bits per heavy atom. The van der Waals surface area contributed by atoms with Gasteiger partial charge in [0.1, 0.15) is 0 Å². The lowest BCUT2D eigenvalue weighted by molar-refractivity contribution is 0.635. The molecule has 64 valence electrons. The Morgan fingerprint density at radius 2 is 1.73 bits per heavy atom. The van der Waals surface area contributed by atoms with Crippen LogP contribution in [0.2, 0.25) is 0 Å². The van der Waals surface area contributed by atoms with Crippen LogP contribution in [-0.4, -0.2) is 9.30 Å². The highest BCUT2D eigenvalue weighted by atomic mass is 32.2. The Hall–Kier alpha value is -0.210. The topological polar surface area (TPSA) is 20.2 Å². The van der Waals surface area contributed by atoms with E-state index >= 15 is 0 Å². The fourth-order valence-electron chi connectivity index (χ4n) is 0.981. The van der Waals surface area contributed by atoms with E-state index in [0.717, 1.165) is 18.5 Å². The zero-order valence-electron chi connectivity index (χ0n) is 7.37. The van der Waals surface area contributed by atoms with Crippen LogP contribution >= 0.6 is 12.0 Å². The first-order valence-corrected chi connectivity index (χ1v) is 4.62. The molecule has 0 spiro atoms. The summed E-state index contributed by atoms with van der Waals surface area (Å²) in [7, 11) is 0. The van der Waals surface area contributed by atoms with E-state index in [4.69, 9.17) is 4.55 Å². The van der Waals surface area contributed by atoms with Gasteiger partial charge in [-0.25, -0.2) is 0 Å². The van der Waals surface area contributed by atoms with Crippen LogP contribution < -0.4 is 0 Å². The molecular formula is C9H16OS. The zero-order chi connectivity index (χ0) is 8.74. The molecule has 0 radical (unpaired) electrons. The van der Waals surface area contributed by atoms with E-state index in [0.29, 0.717) is 0 Å². The van der Waals surface area contributed by atoms with Crippen LogP contribution in [0, 0.1) is 0 Å². The molecule has 0 bridgehead atoms. The van der Waals surface area contributed by atoms with Crippen LogP contribution in [0.4, 0.5) is 0 Å². The Morgan fingerprint density at radius 1 is 1.27 bits per heavy atom. The van der Waals surface area contributed by atoms with Crippen molar-refractivity contribution in [2.45, 2.75) is 31.9 Å². The molecule has 0 amide bonds. The van der Waals surface area contributed by atoms with Crippen LogP contribution in [0.15, 0.2) is 24.3 Å². The molecule has 0 aliphatic carbocycles. The second-order valence-electron chi connectivity index (χ2n) is 2.40. The summed E-state index contributed by atoms with van der Waals surface area (Å²) in [5.41, 5.74) is 0. The van der Waals surface area contributed by atoms with Gasteiger partial charge in [-0.2, -0.15) is 0 Å². The van der Waals surface area contributed by atoms with Gasteiger partial charge in [-0.1, -0.05) is 31.2 Å². The second-order valence-corrected chi connectivity index (χ2v) is 3.34. The third-order valence-corrected chi connectivity index (χ3v) is 2.52. The van der Waals surface area contributed by atoms with E-state index in [9.17, 15) is 0 Å². The minimum Gasteiger partial charge on any atom is -0.329 e. The first-order valence-electron chi connectivity index (χ1n) is 3.85. The van der Waals surface area contributed by atoms with E-state index in [1.807, 2.05) is 38.2 Å². The molecule has 1 N–H and O–H groups in total. The number of hydrogen-bond acceptors (Lipinski definition) is 2. The molecule has 1 nitrogen and oxygen atoms in total. The average Bonchev–Trinajstić information content (AvgIpc) is 2.04. The van der Waals surface area contributed by atoms with Gasteiger partial charge in [-0.3, -0.25) is 0 Å². The smallest absolute Gasteiger partial charge is 0.0776 e. The standard InChI is InChI=1S/C9H16OS/c1-4-7-9(6-3,11-10)8-5-2/h4-5,7-8,10H,6H2,1-3H3. The summed E-state index contributed by atoms with van der Waals surface area (Å²) in [5.74, 6) is 0. The van der Waals surface area contributed by atoms with Gasteiger partial charge in [0.15, 0.2) is 0 Å². The molecule has 0 aromatic carbocycles. The molecule has 0 aliphatic heterocycles. The summed E-state index contributed by atoms with van der Waals surface area (Å²) < 4.78 is 8.85. The highest BCUT2D eigenvalue weighted by Gasteiger charge is 2.20. The molecule has 0 heterocycles. The van der Waals surface area contributed by atoms with Gasteiger partial charge in [0.05, 0.1) is 4.75 Å². The van der Waals surface area contributed by atoms with Crippen LogP contribution in [0.1, 0.15) is 27.2 Å². The maximum Gasteiger partial charge on any atom is 0.0776 e. The van der Waals surface area contributed by atoms with Crippen molar-refractivity contribution in [2.24, 2.45) is 0 Å². The number of rotatable bonds is 4. The fourth-order valence-corrected chi connectivity index (χ4v) is 1.50. The quantitative estimate of drug-likeness (QED) is 0.517. The minimum absolute atomic E-state index is 0.205. The Labute approximate surface area is 73.4 Å². The summed E-state index contributed by atoms with van der Waals surface area (Å²) in [5, 5.41) is 0. The molecule has 0 fully saturated rings. The molecule has 0 aliphatic rings. The molecule has 0 aromatic heterocycles. The maximum absolute atomic E-state index is 9.05.